The summed E-state index contributed by atoms with van der Waals surface area (Å²) in [6.45, 7) is 0. The van der Waals surface area contributed by atoms with E-state index in [1.54, 1.807) is 0 Å². The van der Waals surface area contributed by atoms with Gasteiger partial charge in [0.25, 0.3) is 0 Å². The predicted octanol–water partition coefficient (Wildman–Crippen LogP) is -3.12. The zero-order valence-corrected chi connectivity index (χ0v) is 8.32. The first kappa shape index (κ1) is 11.3. The van der Waals surface area contributed by atoms with Crippen LogP contribution in [-0.2, 0) is 24.9 Å². The van der Waals surface area contributed by atoms with Crippen LogP contribution >= 0.6 is 0 Å². The molecule has 0 aromatic carbocycles. The topological polar surface area (TPSA) is 97.3 Å². The van der Waals surface area contributed by atoms with Crippen LogP contribution in [-0.4, -0.2) is 45.5 Å². The van der Waals surface area contributed by atoms with Crippen molar-refractivity contribution in [1.82, 2.24) is 0 Å². The quantitative estimate of drug-likeness (QED) is 0.433. The van der Waals surface area contributed by atoms with Gasteiger partial charge < -0.3 is 0 Å². The van der Waals surface area contributed by atoms with E-state index in [1.165, 1.54) is 0 Å². The van der Waals surface area contributed by atoms with E-state index in [-0.39, 0.29) is 45.5 Å². The molecule has 0 saturated carbocycles. The summed E-state index contributed by atoms with van der Waals surface area (Å²) in [4.78, 5) is 0. The maximum absolute atomic E-state index is 8.64. The Bertz CT molecular complexity index is 186. The van der Waals surface area contributed by atoms with Gasteiger partial charge in [-0.3, -0.25) is 0 Å². The van der Waals surface area contributed by atoms with Crippen molar-refractivity contribution in [3.05, 3.63) is 0 Å². The summed E-state index contributed by atoms with van der Waals surface area (Å²) in [5, 5.41) is 0. The monoisotopic (exact) mass is 270 g/mol. The third kappa shape index (κ3) is 108. The average molecular weight is 269 g/mol. The van der Waals surface area contributed by atoms with Gasteiger partial charge in [-0.25, -0.2) is 0 Å². The number of hydrogen-bond donors (Lipinski definition) is 0. The summed E-state index contributed by atoms with van der Waals surface area (Å²) in [5.74, 6) is 0. The second-order valence-electron chi connectivity index (χ2n) is 0.589. The second kappa shape index (κ2) is 2.35. The Labute approximate surface area is 76.9 Å². The Morgan fingerprint density at radius 1 is 1.00 bits per heavy atom. The van der Waals surface area contributed by atoms with Crippen molar-refractivity contribution in [2.24, 2.45) is 0 Å². The van der Waals surface area contributed by atoms with Crippen molar-refractivity contribution < 1.29 is 32.8 Å². The standard InChI is InChI=1S/5O.Ru.Sr/q;;;2*-1;;+2. The summed E-state index contributed by atoms with van der Waals surface area (Å²) in [7, 11) is 0. The second-order valence-corrected chi connectivity index (χ2v) is 3.49. The van der Waals surface area contributed by atoms with Gasteiger partial charge in [0.15, 0.2) is 0 Å². The molecular formula is O5RuSr. The van der Waals surface area contributed by atoms with E-state index >= 15 is 0 Å². The van der Waals surface area contributed by atoms with E-state index in [4.69, 9.17) is 18.6 Å². The molecule has 0 aliphatic rings. The minimum absolute atomic E-state index is 0. The van der Waals surface area contributed by atoms with Gasteiger partial charge in [-0.1, -0.05) is 0 Å². The Morgan fingerprint density at radius 2 is 1.00 bits per heavy atom. The van der Waals surface area contributed by atoms with Crippen LogP contribution in [0.25, 0.3) is 0 Å². The molecule has 40 valence electrons. The molecule has 0 fully saturated rings. The molecular weight excluding hydrogens is 269 g/mol. The van der Waals surface area contributed by atoms with Crippen LogP contribution in [0.4, 0.5) is 0 Å². The Hall–Kier alpha value is 1.42. The van der Waals surface area contributed by atoms with Crippen LogP contribution < -0.4 is 7.87 Å². The third-order valence-electron chi connectivity index (χ3n) is 0. The molecule has 0 amide bonds. The maximum Gasteiger partial charge on any atom is 2.00 e. The smallest absolute Gasteiger partial charge is 2.00 e. The molecule has 0 atom stereocenters. The molecule has 0 bridgehead atoms. The Morgan fingerprint density at radius 3 is 1.00 bits per heavy atom. The molecule has 0 radical (unpaired) electrons. The molecule has 0 N–H and O–H groups in total. The van der Waals surface area contributed by atoms with Gasteiger partial charge in [-0.2, -0.15) is 0 Å². The summed E-state index contributed by atoms with van der Waals surface area (Å²) in [5.41, 5.74) is 0. The van der Waals surface area contributed by atoms with Crippen LogP contribution in [0.5, 0.6) is 0 Å². The van der Waals surface area contributed by atoms with Crippen molar-refractivity contribution >= 4 is 45.5 Å². The molecule has 0 aromatic rings. The summed E-state index contributed by atoms with van der Waals surface area (Å²) in [6.07, 6.45) is 0. The SMILES string of the molecule is [O]=[Ru](=[O])(=[O])([O-])[O-].[Sr+2]. The first-order chi connectivity index (χ1) is 2.24. The first-order valence-corrected chi connectivity index (χ1v) is 4.27. The van der Waals surface area contributed by atoms with Crippen molar-refractivity contribution in [3.8, 4) is 0 Å². The molecule has 5 nitrogen and oxygen atoms in total. The van der Waals surface area contributed by atoms with E-state index < -0.39 is 14.2 Å². The molecule has 0 aliphatic carbocycles. The van der Waals surface area contributed by atoms with Gasteiger partial charge in [0.1, 0.15) is 0 Å². The molecule has 0 unspecified atom stereocenters. The molecule has 0 aromatic heterocycles. The van der Waals surface area contributed by atoms with Gasteiger partial charge in [0.2, 0.25) is 0 Å². The third-order valence-corrected chi connectivity index (χ3v) is 0. The molecule has 0 heterocycles. The van der Waals surface area contributed by atoms with Gasteiger partial charge in [-0.15, -0.1) is 0 Å². The molecule has 7 heavy (non-hydrogen) atoms. The zero-order chi connectivity index (χ0) is 5.45. The van der Waals surface area contributed by atoms with Gasteiger partial charge >= 0.3 is 78.2 Å². The Kier molecular flexibility index (Phi) is 3.77. The van der Waals surface area contributed by atoms with Crippen LogP contribution in [0.15, 0.2) is 0 Å². The normalized spacial score (nSPS) is 16.0. The molecule has 0 spiro atoms. The zero-order valence-electron chi connectivity index (χ0n) is 3.10. The maximum atomic E-state index is 8.64. The minimum atomic E-state index is -7.72. The van der Waals surface area contributed by atoms with Gasteiger partial charge in [0.05, 0.1) is 0 Å². The molecule has 0 aliphatic heterocycles. The fourth-order valence-electron chi connectivity index (χ4n) is 0. The van der Waals surface area contributed by atoms with E-state index in [0.717, 1.165) is 0 Å². The minimum Gasteiger partial charge on any atom is 2.00 e. The Balaban J connectivity index is 0. The van der Waals surface area contributed by atoms with Crippen LogP contribution in [0.2, 0.25) is 0 Å². The van der Waals surface area contributed by atoms with Crippen LogP contribution in [0.3, 0.4) is 0 Å². The van der Waals surface area contributed by atoms with Crippen LogP contribution in [0, 0.1) is 0 Å². The summed E-state index contributed by atoms with van der Waals surface area (Å²) < 4.78 is 43.2. The van der Waals surface area contributed by atoms with E-state index in [0.29, 0.717) is 0 Å². The summed E-state index contributed by atoms with van der Waals surface area (Å²) in [6, 6.07) is 0. The fourth-order valence-corrected chi connectivity index (χ4v) is 0. The van der Waals surface area contributed by atoms with E-state index in [1.807, 2.05) is 0 Å². The fraction of sp³-hybridized carbons (Fsp3) is 0. The van der Waals surface area contributed by atoms with Crippen molar-refractivity contribution in [1.29, 1.82) is 0 Å². The average Bonchev–Trinajstić information content (AvgIpc) is 0.650. The predicted molar refractivity (Wildman–Crippen MR) is 7.81 cm³/mol. The number of hydrogen-bond acceptors (Lipinski definition) is 5. The van der Waals surface area contributed by atoms with Gasteiger partial charge in [-0.05, 0) is 0 Å². The number of rotatable bonds is 0. The molecule has 0 rings (SSSR count). The first-order valence-electron chi connectivity index (χ1n) is 0.722. The van der Waals surface area contributed by atoms with E-state index in [9.17, 15) is 0 Å². The van der Waals surface area contributed by atoms with Crippen molar-refractivity contribution in [2.75, 3.05) is 0 Å². The van der Waals surface area contributed by atoms with Crippen molar-refractivity contribution in [3.63, 3.8) is 0 Å². The van der Waals surface area contributed by atoms with E-state index in [2.05, 4.69) is 0 Å². The molecule has 0 saturated heterocycles. The summed E-state index contributed by atoms with van der Waals surface area (Å²) >= 11 is -7.72. The van der Waals surface area contributed by atoms with Gasteiger partial charge in [0, 0.05) is 0 Å². The van der Waals surface area contributed by atoms with Crippen LogP contribution in [0.1, 0.15) is 0 Å². The largest absolute Gasteiger partial charge is 2.00 e. The molecule has 7 heteroatoms. The van der Waals surface area contributed by atoms with Crippen molar-refractivity contribution in [2.45, 2.75) is 0 Å².